The summed E-state index contributed by atoms with van der Waals surface area (Å²) in [6, 6.07) is 4.40. The number of nitrogens with one attached hydrogen (secondary N) is 1. The minimum Gasteiger partial charge on any atom is -0.359 e. The van der Waals surface area contributed by atoms with E-state index in [2.05, 4.69) is 5.32 Å². The molecule has 1 aromatic heterocycles. The molecule has 7 heteroatoms. The van der Waals surface area contributed by atoms with Gasteiger partial charge in [-0.15, -0.1) is 0 Å². The van der Waals surface area contributed by atoms with Gasteiger partial charge in [-0.2, -0.15) is 0 Å². The lowest BCUT2D eigenvalue weighted by Crippen LogP contribution is -2.28. The van der Waals surface area contributed by atoms with Gasteiger partial charge in [0.2, 0.25) is 5.91 Å². The van der Waals surface area contributed by atoms with Crippen LogP contribution in [0.1, 0.15) is 18.9 Å². The van der Waals surface area contributed by atoms with Gasteiger partial charge in [-0.1, -0.05) is 11.5 Å². The van der Waals surface area contributed by atoms with Crippen molar-refractivity contribution in [2.24, 2.45) is 7.05 Å². The smallest absolute Gasteiger partial charge is 0.329 e. The number of hydrogen-bond donors (Lipinski definition) is 1. The minimum absolute atomic E-state index is 0.167. The number of aryl methyl sites for hydroxylation is 1. The van der Waals surface area contributed by atoms with Gasteiger partial charge in [-0.3, -0.25) is 13.9 Å². The van der Waals surface area contributed by atoms with E-state index in [0.29, 0.717) is 22.8 Å². The van der Waals surface area contributed by atoms with Gasteiger partial charge in [-0.05, 0) is 18.6 Å². The van der Waals surface area contributed by atoms with E-state index in [1.54, 1.807) is 25.2 Å². The molecule has 0 saturated carbocycles. The summed E-state index contributed by atoms with van der Waals surface area (Å²) in [7, 11) is 8.89. The van der Waals surface area contributed by atoms with Crippen LogP contribution in [0.2, 0.25) is 0 Å². The average Bonchev–Trinajstić information content (AvgIpc) is 2.72. The van der Waals surface area contributed by atoms with Crippen LogP contribution < -0.4 is 16.5 Å². The molecule has 21 heavy (non-hydrogen) atoms. The molecule has 1 unspecified atom stereocenters. The van der Waals surface area contributed by atoms with E-state index < -0.39 is 6.04 Å². The zero-order valence-electron chi connectivity index (χ0n) is 12.0. The van der Waals surface area contributed by atoms with Crippen LogP contribution in [0.4, 0.5) is 0 Å². The fraction of sp³-hybridized carbons (Fsp3) is 0.357. The first-order valence-electron chi connectivity index (χ1n) is 6.62. The molecule has 0 spiro atoms. The maximum Gasteiger partial charge on any atom is 0.329 e. The summed E-state index contributed by atoms with van der Waals surface area (Å²) in [6.07, 6.45) is 1.14. The molecule has 0 saturated heterocycles. The Labute approximate surface area is 123 Å². The number of carbonyl (C=O) groups is 2. The predicted molar refractivity (Wildman–Crippen MR) is 81.0 cm³/mol. The van der Waals surface area contributed by atoms with E-state index >= 15 is 0 Å². The summed E-state index contributed by atoms with van der Waals surface area (Å²) in [5.41, 5.74) is 1.53. The quantitative estimate of drug-likeness (QED) is 0.589. The molecule has 6 nitrogen and oxygen atoms in total. The number of hydrogen-bond acceptors (Lipinski definition) is 3. The highest BCUT2D eigenvalue weighted by molar-refractivity contribution is 6.33. The zero-order chi connectivity index (χ0) is 15.6. The Balaban J connectivity index is 2.49. The molecule has 2 rings (SSSR count). The number of imidazole rings is 1. The van der Waals surface area contributed by atoms with Crippen molar-refractivity contribution in [2.45, 2.75) is 18.9 Å². The SMILES string of the molecule is [B]c1ccc2c(c1)n(C)c(=O)n2C(C=O)CCC(=O)NC. The number of aromatic nitrogens is 2. The lowest BCUT2D eigenvalue weighted by molar-refractivity contribution is -0.121. The van der Waals surface area contributed by atoms with Crippen LogP contribution in [-0.4, -0.2) is 36.2 Å². The molecule has 0 aliphatic heterocycles. The second-order valence-corrected chi connectivity index (χ2v) is 4.88. The Kier molecular flexibility index (Phi) is 4.30. The van der Waals surface area contributed by atoms with E-state index in [-0.39, 0.29) is 24.4 Å². The number of aldehydes is 1. The fourth-order valence-electron chi connectivity index (χ4n) is 2.36. The minimum atomic E-state index is -0.679. The third-order valence-electron chi connectivity index (χ3n) is 3.55. The molecule has 0 bridgehead atoms. The highest BCUT2D eigenvalue weighted by Gasteiger charge is 2.19. The van der Waals surface area contributed by atoms with Crippen molar-refractivity contribution in [1.29, 1.82) is 0 Å². The van der Waals surface area contributed by atoms with Gasteiger partial charge in [0, 0.05) is 20.5 Å². The van der Waals surface area contributed by atoms with E-state index in [1.165, 1.54) is 16.2 Å². The number of rotatable bonds is 5. The van der Waals surface area contributed by atoms with Gasteiger partial charge < -0.3 is 10.1 Å². The maximum atomic E-state index is 12.3. The Morgan fingerprint density at radius 3 is 2.76 bits per heavy atom. The third-order valence-corrected chi connectivity index (χ3v) is 3.55. The topological polar surface area (TPSA) is 73.1 Å². The van der Waals surface area contributed by atoms with Gasteiger partial charge in [0.15, 0.2) is 0 Å². The predicted octanol–water partition coefficient (Wildman–Crippen LogP) is -0.600. The molecule has 0 aliphatic carbocycles. The van der Waals surface area contributed by atoms with Gasteiger partial charge in [0.05, 0.1) is 17.1 Å². The number of nitrogens with zero attached hydrogens (tertiary/aromatic N) is 2. The molecular formula is C14H16BN3O3. The van der Waals surface area contributed by atoms with Crippen molar-refractivity contribution in [2.75, 3.05) is 7.05 Å². The first-order chi connectivity index (χ1) is 9.99. The standard InChI is InChI=1S/C14H16BN3O3/c1-16-13(20)6-4-10(8-19)18-11-5-3-9(15)7-12(11)17(2)14(18)21/h3,5,7-8,10H,4,6H2,1-2H3,(H,16,20). The molecule has 1 atom stereocenters. The number of fused-ring (bicyclic) bond motifs is 1. The highest BCUT2D eigenvalue weighted by Crippen LogP contribution is 2.18. The molecule has 1 heterocycles. The van der Waals surface area contributed by atoms with Gasteiger partial charge >= 0.3 is 5.69 Å². The molecule has 0 aliphatic rings. The van der Waals surface area contributed by atoms with E-state index in [1.807, 2.05) is 0 Å². The molecule has 2 radical (unpaired) electrons. The number of carbonyl (C=O) groups excluding carboxylic acids is 2. The summed E-state index contributed by atoms with van der Waals surface area (Å²) in [6.45, 7) is 0. The number of benzene rings is 1. The van der Waals surface area contributed by atoms with Gasteiger partial charge in [0.1, 0.15) is 14.1 Å². The molecule has 1 aromatic carbocycles. The Bertz CT molecular complexity index is 748. The summed E-state index contributed by atoms with van der Waals surface area (Å²) >= 11 is 0. The highest BCUT2D eigenvalue weighted by atomic mass is 16.2. The Hall–Kier alpha value is -2.31. The second kappa shape index (κ2) is 5.99. The van der Waals surface area contributed by atoms with Crippen molar-refractivity contribution in [3.8, 4) is 0 Å². The van der Waals surface area contributed by atoms with Crippen molar-refractivity contribution in [1.82, 2.24) is 14.5 Å². The maximum absolute atomic E-state index is 12.3. The summed E-state index contributed by atoms with van der Waals surface area (Å²) in [5.74, 6) is -0.167. The van der Waals surface area contributed by atoms with Gasteiger partial charge in [-0.25, -0.2) is 4.79 Å². The van der Waals surface area contributed by atoms with E-state index in [0.717, 1.165) is 0 Å². The van der Waals surface area contributed by atoms with Crippen molar-refractivity contribution in [3.05, 3.63) is 28.7 Å². The van der Waals surface area contributed by atoms with Crippen LogP contribution >= 0.6 is 0 Å². The van der Waals surface area contributed by atoms with Crippen molar-refractivity contribution >= 4 is 36.5 Å². The van der Waals surface area contributed by atoms with Crippen LogP contribution in [0.3, 0.4) is 0 Å². The normalized spacial score (nSPS) is 12.3. The number of amides is 1. The fourth-order valence-corrected chi connectivity index (χ4v) is 2.36. The molecule has 2 aromatic rings. The summed E-state index contributed by atoms with van der Waals surface area (Å²) < 4.78 is 2.85. The summed E-state index contributed by atoms with van der Waals surface area (Å²) in [5, 5.41) is 2.50. The Morgan fingerprint density at radius 2 is 2.14 bits per heavy atom. The van der Waals surface area contributed by atoms with Crippen LogP contribution in [0, 0.1) is 0 Å². The average molecular weight is 285 g/mol. The zero-order valence-corrected chi connectivity index (χ0v) is 12.0. The Morgan fingerprint density at radius 1 is 1.43 bits per heavy atom. The lowest BCUT2D eigenvalue weighted by Gasteiger charge is -2.11. The summed E-state index contributed by atoms with van der Waals surface area (Å²) in [4.78, 5) is 35.0. The van der Waals surface area contributed by atoms with Crippen LogP contribution in [0.15, 0.2) is 23.0 Å². The molecule has 0 fully saturated rings. The van der Waals surface area contributed by atoms with E-state index in [4.69, 9.17) is 7.85 Å². The first kappa shape index (κ1) is 15.1. The van der Waals surface area contributed by atoms with Gasteiger partial charge in [0.25, 0.3) is 0 Å². The second-order valence-electron chi connectivity index (χ2n) is 4.88. The third kappa shape index (κ3) is 2.77. The monoisotopic (exact) mass is 285 g/mol. The molecule has 108 valence electrons. The lowest BCUT2D eigenvalue weighted by atomic mass is 9.96. The largest absolute Gasteiger partial charge is 0.359 e. The van der Waals surface area contributed by atoms with Crippen LogP contribution in [-0.2, 0) is 16.6 Å². The van der Waals surface area contributed by atoms with Crippen LogP contribution in [0.5, 0.6) is 0 Å². The molecular weight excluding hydrogens is 269 g/mol. The van der Waals surface area contributed by atoms with Crippen LogP contribution in [0.25, 0.3) is 11.0 Å². The first-order valence-corrected chi connectivity index (χ1v) is 6.62. The van der Waals surface area contributed by atoms with Crippen molar-refractivity contribution < 1.29 is 9.59 Å². The molecule has 1 amide bonds. The van der Waals surface area contributed by atoms with E-state index in [9.17, 15) is 14.4 Å². The van der Waals surface area contributed by atoms with Crippen molar-refractivity contribution in [3.63, 3.8) is 0 Å². The molecule has 1 N–H and O–H groups in total.